The Bertz CT molecular complexity index is 541. The third-order valence-electron chi connectivity index (χ3n) is 1.95. The second kappa shape index (κ2) is 7.24. The summed E-state index contributed by atoms with van der Waals surface area (Å²) in [6, 6.07) is 4.53. The van der Waals surface area contributed by atoms with E-state index in [1.54, 1.807) is 0 Å². The van der Waals surface area contributed by atoms with Gasteiger partial charge in [-0.2, -0.15) is 0 Å². The molecule has 114 valence electrons. The normalized spacial score (nSPS) is 12.5. The summed E-state index contributed by atoms with van der Waals surface area (Å²) >= 11 is 0. The van der Waals surface area contributed by atoms with Gasteiger partial charge >= 0.3 is 12.1 Å². The van der Waals surface area contributed by atoms with E-state index in [1.165, 1.54) is 19.2 Å². The fourth-order valence-corrected chi connectivity index (χ4v) is 1.13. The smallest absolute Gasteiger partial charge is 0.406 e. The summed E-state index contributed by atoms with van der Waals surface area (Å²) in [5, 5.41) is 10.6. The molecular formula is C11H10F3N3O4. The molecule has 0 saturated carbocycles. The summed E-state index contributed by atoms with van der Waals surface area (Å²) in [4.78, 5) is 18.1. The van der Waals surface area contributed by atoms with Gasteiger partial charge in [0.05, 0.1) is 17.7 Å². The van der Waals surface area contributed by atoms with Crippen LogP contribution in [0.1, 0.15) is 0 Å². The summed E-state index contributed by atoms with van der Waals surface area (Å²) in [6.45, 7) is 0. The molecule has 0 amide bonds. The van der Waals surface area contributed by atoms with E-state index in [-0.39, 0.29) is 5.69 Å². The molecule has 1 aromatic rings. The number of rotatable bonds is 6. The number of aliphatic imine (C=N–C) groups is 1. The van der Waals surface area contributed by atoms with Gasteiger partial charge in [-0.15, -0.1) is 13.2 Å². The first-order valence-corrected chi connectivity index (χ1v) is 5.35. The summed E-state index contributed by atoms with van der Waals surface area (Å²) in [6.07, 6.45) is -2.89. The quantitative estimate of drug-likeness (QED) is 0.496. The van der Waals surface area contributed by atoms with Gasteiger partial charge in [-0.1, -0.05) is 0 Å². The van der Waals surface area contributed by atoms with E-state index < -0.39 is 22.7 Å². The first-order chi connectivity index (χ1) is 9.81. The number of hydrogen-bond acceptors (Lipinski definition) is 6. The molecule has 0 heterocycles. The minimum Gasteiger partial charge on any atom is -0.406 e. The maximum atomic E-state index is 11.9. The molecule has 21 heavy (non-hydrogen) atoms. The van der Waals surface area contributed by atoms with Crippen molar-refractivity contribution in [3.05, 3.63) is 46.3 Å². The van der Waals surface area contributed by atoms with Gasteiger partial charge < -0.3 is 4.74 Å². The van der Waals surface area contributed by atoms with Gasteiger partial charge in [0.15, 0.2) is 0 Å². The largest absolute Gasteiger partial charge is 0.573 e. The number of alkyl halides is 3. The number of ether oxygens (including phenoxy) is 1. The number of nitro groups is 1. The Balaban J connectivity index is 2.78. The molecule has 10 heteroatoms. The molecule has 7 nitrogen and oxygen atoms in total. The van der Waals surface area contributed by atoms with Crippen molar-refractivity contribution in [2.24, 2.45) is 4.99 Å². The molecule has 0 fully saturated rings. The lowest BCUT2D eigenvalue weighted by atomic mass is 10.3. The Morgan fingerprint density at radius 2 is 2.00 bits per heavy atom. The predicted molar refractivity (Wildman–Crippen MR) is 66.5 cm³/mol. The molecule has 0 saturated heterocycles. The zero-order valence-corrected chi connectivity index (χ0v) is 10.6. The van der Waals surface area contributed by atoms with Crippen molar-refractivity contribution in [1.29, 1.82) is 0 Å². The van der Waals surface area contributed by atoms with E-state index in [4.69, 9.17) is 0 Å². The highest BCUT2D eigenvalue weighted by Crippen LogP contribution is 2.24. The van der Waals surface area contributed by atoms with Gasteiger partial charge in [0.25, 0.3) is 0 Å². The fraction of sp³-hybridized carbons (Fsp3) is 0.182. The van der Waals surface area contributed by atoms with Crippen LogP contribution in [0.25, 0.3) is 0 Å². The average molecular weight is 305 g/mol. The minimum absolute atomic E-state index is 0.217. The lowest BCUT2D eigenvalue weighted by Gasteiger charge is -2.08. The monoisotopic (exact) mass is 305 g/mol. The Morgan fingerprint density at radius 1 is 1.38 bits per heavy atom. The topological polar surface area (TPSA) is 86.0 Å². The van der Waals surface area contributed by atoms with Crippen LogP contribution in [0, 0.1) is 10.1 Å². The standard InChI is InChI=1S/C11H10F3N3O4/c1-20-16-7-9(17(18)19)6-15-8-2-4-10(5-3-8)21-11(12,13)14/h2-7,16H,1H3. The Hall–Kier alpha value is -2.62. The molecule has 0 aliphatic rings. The second-order valence-electron chi connectivity index (χ2n) is 3.45. The van der Waals surface area contributed by atoms with Crippen molar-refractivity contribution < 1.29 is 27.7 Å². The third kappa shape index (κ3) is 6.38. The van der Waals surface area contributed by atoms with Gasteiger partial charge in [0.2, 0.25) is 0 Å². The van der Waals surface area contributed by atoms with Gasteiger partial charge in [-0.3, -0.25) is 20.4 Å². The highest BCUT2D eigenvalue weighted by atomic mass is 19.4. The molecule has 0 aliphatic heterocycles. The highest BCUT2D eigenvalue weighted by molar-refractivity contribution is 5.78. The molecule has 0 unspecified atom stereocenters. The number of allylic oxidation sites excluding steroid dienone is 1. The van der Waals surface area contributed by atoms with Crippen molar-refractivity contribution in [2.75, 3.05) is 7.11 Å². The SMILES string of the molecule is CONC=C(C=Nc1ccc(OC(F)(F)F)cc1)[N+](=O)[O-]. The highest BCUT2D eigenvalue weighted by Gasteiger charge is 2.30. The molecule has 0 bridgehead atoms. The predicted octanol–water partition coefficient (Wildman–Crippen LogP) is 2.56. The first-order valence-electron chi connectivity index (χ1n) is 5.35. The molecule has 1 aromatic carbocycles. The molecule has 0 spiro atoms. The number of hydrogen-bond donors (Lipinski definition) is 1. The molecule has 1 rings (SSSR count). The number of nitrogens with zero attached hydrogens (tertiary/aromatic N) is 2. The summed E-state index contributed by atoms with van der Waals surface area (Å²) in [5.74, 6) is -0.410. The van der Waals surface area contributed by atoms with Crippen molar-refractivity contribution in [1.82, 2.24) is 5.48 Å². The molecule has 0 aromatic heterocycles. The van der Waals surface area contributed by atoms with E-state index in [9.17, 15) is 23.3 Å². The van der Waals surface area contributed by atoms with E-state index in [0.717, 1.165) is 24.5 Å². The van der Waals surface area contributed by atoms with E-state index in [0.29, 0.717) is 0 Å². The third-order valence-corrected chi connectivity index (χ3v) is 1.95. The maximum absolute atomic E-state index is 11.9. The zero-order valence-electron chi connectivity index (χ0n) is 10.6. The Kier molecular flexibility index (Phi) is 5.67. The van der Waals surface area contributed by atoms with Crippen LogP contribution < -0.4 is 10.2 Å². The van der Waals surface area contributed by atoms with Crippen LogP contribution in [0.2, 0.25) is 0 Å². The average Bonchev–Trinajstić information content (AvgIpc) is 2.38. The van der Waals surface area contributed by atoms with Crippen LogP contribution in [0.3, 0.4) is 0 Å². The van der Waals surface area contributed by atoms with Gasteiger partial charge in [-0.25, -0.2) is 4.99 Å². The van der Waals surface area contributed by atoms with Crippen LogP contribution in [0.15, 0.2) is 41.2 Å². The zero-order chi connectivity index (χ0) is 15.9. The van der Waals surface area contributed by atoms with E-state index in [2.05, 4.69) is 20.0 Å². The number of benzene rings is 1. The maximum Gasteiger partial charge on any atom is 0.573 e. The Labute approximate surface area is 116 Å². The molecule has 0 atom stereocenters. The van der Waals surface area contributed by atoms with Gasteiger partial charge in [0, 0.05) is 0 Å². The van der Waals surface area contributed by atoms with E-state index >= 15 is 0 Å². The lowest BCUT2D eigenvalue weighted by Crippen LogP contribution is -2.16. The van der Waals surface area contributed by atoms with Crippen molar-refractivity contribution in [3.8, 4) is 5.75 Å². The second-order valence-corrected chi connectivity index (χ2v) is 3.45. The van der Waals surface area contributed by atoms with Crippen molar-refractivity contribution in [2.45, 2.75) is 6.36 Å². The minimum atomic E-state index is -4.78. The van der Waals surface area contributed by atoms with Gasteiger partial charge in [-0.05, 0) is 24.3 Å². The lowest BCUT2D eigenvalue weighted by molar-refractivity contribution is -0.415. The molecule has 0 aliphatic carbocycles. The number of nitrogens with one attached hydrogen (secondary N) is 1. The van der Waals surface area contributed by atoms with Crippen LogP contribution in [0.5, 0.6) is 5.75 Å². The number of hydroxylamine groups is 1. The first kappa shape index (κ1) is 16.4. The summed E-state index contributed by atoms with van der Waals surface area (Å²) in [7, 11) is 1.27. The molecule has 0 radical (unpaired) electrons. The van der Waals surface area contributed by atoms with E-state index in [1.807, 2.05) is 0 Å². The van der Waals surface area contributed by atoms with Crippen LogP contribution in [-0.4, -0.2) is 24.6 Å². The molecule has 1 N–H and O–H groups in total. The van der Waals surface area contributed by atoms with Crippen LogP contribution in [0.4, 0.5) is 18.9 Å². The van der Waals surface area contributed by atoms with Crippen LogP contribution >= 0.6 is 0 Å². The summed E-state index contributed by atoms with van der Waals surface area (Å²) in [5.41, 5.74) is 1.98. The van der Waals surface area contributed by atoms with Crippen molar-refractivity contribution in [3.63, 3.8) is 0 Å². The number of halogens is 3. The van der Waals surface area contributed by atoms with Crippen LogP contribution in [-0.2, 0) is 4.84 Å². The Morgan fingerprint density at radius 3 is 2.48 bits per heavy atom. The van der Waals surface area contributed by atoms with Gasteiger partial charge in [0.1, 0.15) is 18.2 Å². The fourth-order valence-electron chi connectivity index (χ4n) is 1.13. The van der Waals surface area contributed by atoms with Crippen molar-refractivity contribution >= 4 is 11.9 Å². The molecular weight excluding hydrogens is 295 g/mol. The summed E-state index contributed by atoms with van der Waals surface area (Å²) < 4.78 is 39.5.